The average molecular weight is 316 g/mol. The molecule has 0 spiro atoms. The Bertz CT molecular complexity index is 652. The number of ether oxygens (including phenoxy) is 2. The van der Waals surface area contributed by atoms with E-state index in [1.165, 1.54) is 12.1 Å². The van der Waals surface area contributed by atoms with Crippen LogP contribution in [0.15, 0.2) is 48.5 Å². The largest absolute Gasteiger partial charge is 0.489 e. The van der Waals surface area contributed by atoms with Crippen LogP contribution in [0.25, 0.3) is 0 Å². The summed E-state index contributed by atoms with van der Waals surface area (Å²) in [6.45, 7) is 3.65. The molecule has 2 aromatic rings. The van der Waals surface area contributed by atoms with E-state index in [-0.39, 0.29) is 5.56 Å². The van der Waals surface area contributed by atoms with Gasteiger partial charge in [0, 0.05) is 6.07 Å². The van der Waals surface area contributed by atoms with Gasteiger partial charge in [0.1, 0.15) is 24.2 Å². The summed E-state index contributed by atoms with van der Waals surface area (Å²) in [7, 11) is 0. The zero-order chi connectivity index (χ0) is 16.8. The monoisotopic (exact) mass is 316 g/mol. The van der Waals surface area contributed by atoms with Crippen molar-refractivity contribution in [2.45, 2.75) is 32.7 Å². The minimum atomic E-state index is -1.07. The fourth-order valence-electron chi connectivity index (χ4n) is 1.90. The van der Waals surface area contributed by atoms with E-state index in [9.17, 15) is 15.0 Å². The Morgan fingerprint density at radius 1 is 1.09 bits per heavy atom. The number of aromatic carboxylic acids is 1. The molecule has 0 bridgehead atoms. The summed E-state index contributed by atoms with van der Waals surface area (Å²) < 4.78 is 11.2. The first kappa shape index (κ1) is 16.8. The standard InChI is InChI=1S/C18H20O5/c1-12(19)13(2)23-17-9-15(18(20)21)8-16(10-17)22-11-14-6-4-3-5-7-14/h3-10,12-13,19H,11H2,1-2H3,(H,20,21)/t12-,13-/m1/s1. The first-order valence-corrected chi connectivity index (χ1v) is 7.35. The van der Waals surface area contributed by atoms with Crippen molar-refractivity contribution < 1.29 is 24.5 Å². The van der Waals surface area contributed by atoms with Crippen LogP contribution >= 0.6 is 0 Å². The van der Waals surface area contributed by atoms with Gasteiger partial charge in [0.05, 0.1) is 11.7 Å². The second-order valence-electron chi connectivity index (χ2n) is 5.34. The summed E-state index contributed by atoms with van der Waals surface area (Å²) in [5.41, 5.74) is 1.05. The van der Waals surface area contributed by atoms with Crippen LogP contribution in [0.5, 0.6) is 11.5 Å². The van der Waals surface area contributed by atoms with Gasteiger partial charge in [0.15, 0.2) is 0 Å². The van der Waals surface area contributed by atoms with E-state index in [1.54, 1.807) is 19.9 Å². The molecule has 2 aromatic carbocycles. The van der Waals surface area contributed by atoms with Crippen molar-refractivity contribution in [3.8, 4) is 11.5 Å². The van der Waals surface area contributed by atoms with Crippen LogP contribution in [0.3, 0.4) is 0 Å². The number of benzene rings is 2. The fourth-order valence-corrected chi connectivity index (χ4v) is 1.90. The number of hydrogen-bond acceptors (Lipinski definition) is 4. The normalized spacial score (nSPS) is 13.2. The van der Waals surface area contributed by atoms with Crippen molar-refractivity contribution in [1.82, 2.24) is 0 Å². The van der Waals surface area contributed by atoms with Gasteiger partial charge in [0.25, 0.3) is 0 Å². The maximum Gasteiger partial charge on any atom is 0.335 e. The third-order valence-corrected chi connectivity index (χ3v) is 3.38. The van der Waals surface area contributed by atoms with Gasteiger partial charge in [-0.25, -0.2) is 4.79 Å². The van der Waals surface area contributed by atoms with Gasteiger partial charge >= 0.3 is 5.97 Å². The molecule has 5 heteroatoms. The molecule has 0 aliphatic rings. The lowest BCUT2D eigenvalue weighted by molar-refractivity contribution is 0.0598. The second kappa shape index (κ2) is 7.65. The van der Waals surface area contributed by atoms with Crippen LogP contribution in [0.2, 0.25) is 0 Å². The smallest absolute Gasteiger partial charge is 0.335 e. The molecule has 0 unspecified atom stereocenters. The Morgan fingerprint density at radius 3 is 2.35 bits per heavy atom. The molecule has 0 aromatic heterocycles. The van der Waals surface area contributed by atoms with E-state index >= 15 is 0 Å². The molecule has 0 fully saturated rings. The SMILES string of the molecule is C[C@@H](O)[C@@H](C)Oc1cc(OCc2ccccc2)cc(C(=O)O)c1. The Kier molecular flexibility index (Phi) is 5.60. The van der Waals surface area contributed by atoms with E-state index in [1.807, 2.05) is 30.3 Å². The summed E-state index contributed by atoms with van der Waals surface area (Å²) in [4.78, 5) is 11.2. The first-order valence-electron chi connectivity index (χ1n) is 7.35. The molecule has 0 aliphatic carbocycles. The summed E-state index contributed by atoms with van der Waals surface area (Å²) >= 11 is 0. The van der Waals surface area contributed by atoms with Crippen LogP contribution in [0.1, 0.15) is 29.8 Å². The average Bonchev–Trinajstić information content (AvgIpc) is 2.53. The summed E-state index contributed by atoms with van der Waals surface area (Å²) in [5.74, 6) is -0.312. The minimum Gasteiger partial charge on any atom is -0.489 e. The number of aliphatic hydroxyl groups excluding tert-OH is 1. The van der Waals surface area contributed by atoms with Crippen molar-refractivity contribution in [1.29, 1.82) is 0 Å². The zero-order valence-corrected chi connectivity index (χ0v) is 13.1. The number of aliphatic hydroxyl groups is 1. The van der Waals surface area contributed by atoms with Gasteiger partial charge in [-0.05, 0) is 31.5 Å². The van der Waals surface area contributed by atoms with Crippen molar-refractivity contribution >= 4 is 5.97 Å². The molecule has 23 heavy (non-hydrogen) atoms. The van der Waals surface area contributed by atoms with Gasteiger partial charge in [-0.15, -0.1) is 0 Å². The topological polar surface area (TPSA) is 76.0 Å². The van der Waals surface area contributed by atoms with Crippen LogP contribution in [0, 0.1) is 0 Å². The van der Waals surface area contributed by atoms with Gasteiger partial charge in [-0.2, -0.15) is 0 Å². The highest BCUT2D eigenvalue weighted by Gasteiger charge is 2.14. The van der Waals surface area contributed by atoms with E-state index in [2.05, 4.69) is 0 Å². The molecule has 5 nitrogen and oxygen atoms in total. The lowest BCUT2D eigenvalue weighted by Gasteiger charge is -2.18. The third kappa shape index (κ3) is 5.00. The van der Waals surface area contributed by atoms with Crippen LogP contribution in [-0.4, -0.2) is 28.4 Å². The quantitative estimate of drug-likeness (QED) is 0.821. The summed E-state index contributed by atoms with van der Waals surface area (Å²) in [5, 5.41) is 18.7. The summed E-state index contributed by atoms with van der Waals surface area (Å²) in [6, 6.07) is 14.1. The molecule has 0 aliphatic heterocycles. The highest BCUT2D eigenvalue weighted by atomic mass is 16.5. The van der Waals surface area contributed by atoms with Gasteiger partial charge in [-0.1, -0.05) is 30.3 Å². The fraction of sp³-hybridized carbons (Fsp3) is 0.278. The lowest BCUT2D eigenvalue weighted by atomic mass is 10.2. The van der Waals surface area contributed by atoms with Gasteiger partial charge < -0.3 is 19.7 Å². The third-order valence-electron chi connectivity index (χ3n) is 3.38. The molecular formula is C18H20O5. The lowest BCUT2D eigenvalue weighted by Crippen LogP contribution is -2.25. The highest BCUT2D eigenvalue weighted by molar-refractivity contribution is 5.88. The van der Waals surface area contributed by atoms with E-state index < -0.39 is 18.2 Å². The van der Waals surface area contributed by atoms with Gasteiger partial charge in [-0.3, -0.25) is 0 Å². The van der Waals surface area contributed by atoms with E-state index in [0.29, 0.717) is 18.1 Å². The molecule has 2 N–H and O–H groups in total. The Labute approximate surface area is 135 Å². The van der Waals surface area contributed by atoms with Crippen molar-refractivity contribution in [2.24, 2.45) is 0 Å². The van der Waals surface area contributed by atoms with Crippen molar-refractivity contribution in [3.63, 3.8) is 0 Å². The van der Waals surface area contributed by atoms with Crippen molar-refractivity contribution in [2.75, 3.05) is 0 Å². The molecule has 0 saturated carbocycles. The molecule has 0 amide bonds. The number of carbonyl (C=O) groups is 1. The summed E-state index contributed by atoms with van der Waals surface area (Å²) in [6.07, 6.45) is -1.13. The molecule has 0 heterocycles. The van der Waals surface area contributed by atoms with Crippen LogP contribution < -0.4 is 9.47 Å². The number of hydrogen-bond donors (Lipinski definition) is 2. The number of carboxylic acid groups (broad SMARTS) is 1. The van der Waals surface area contributed by atoms with E-state index in [4.69, 9.17) is 9.47 Å². The first-order chi connectivity index (χ1) is 11.0. The predicted molar refractivity (Wildman–Crippen MR) is 85.9 cm³/mol. The van der Waals surface area contributed by atoms with E-state index in [0.717, 1.165) is 5.56 Å². The second-order valence-corrected chi connectivity index (χ2v) is 5.34. The molecule has 2 atom stereocenters. The number of carboxylic acids is 1. The molecule has 122 valence electrons. The van der Waals surface area contributed by atoms with Crippen LogP contribution in [0.4, 0.5) is 0 Å². The van der Waals surface area contributed by atoms with Crippen molar-refractivity contribution in [3.05, 3.63) is 59.7 Å². The van der Waals surface area contributed by atoms with Gasteiger partial charge in [0.2, 0.25) is 0 Å². The Balaban J connectivity index is 2.17. The molecule has 0 radical (unpaired) electrons. The predicted octanol–water partition coefficient (Wildman–Crippen LogP) is 3.11. The number of rotatable bonds is 7. The maximum absolute atomic E-state index is 11.2. The molecule has 2 rings (SSSR count). The Morgan fingerprint density at radius 2 is 1.74 bits per heavy atom. The Hall–Kier alpha value is -2.53. The van der Waals surface area contributed by atoms with Crippen LogP contribution in [-0.2, 0) is 6.61 Å². The zero-order valence-electron chi connectivity index (χ0n) is 13.1. The minimum absolute atomic E-state index is 0.0726. The highest BCUT2D eigenvalue weighted by Crippen LogP contribution is 2.25. The molecular weight excluding hydrogens is 296 g/mol. The maximum atomic E-state index is 11.2. The molecule has 0 saturated heterocycles.